The Bertz CT molecular complexity index is 533. The summed E-state index contributed by atoms with van der Waals surface area (Å²) >= 11 is 0. The maximum atomic E-state index is 11.3. The fraction of sp³-hybridized carbons (Fsp3) is 0.762. The first-order valence-corrected chi connectivity index (χ1v) is 10.6. The lowest BCUT2D eigenvalue weighted by atomic mass is 10.1. The summed E-state index contributed by atoms with van der Waals surface area (Å²) in [6.45, 7) is 2.33. The van der Waals surface area contributed by atoms with Crippen molar-refractivity contribution in [3.05, 3.63) is 12.4 Å². The molecule has 0 aliphatic carbocycles. The van der Waals surface area contributed by atoms with Crippen LogP contribution in [0.25, 0.3) is 0 Å². The molecule has 1 aliphatic heterocycles. The molecule has 7 nitrogen and oxygen atoms in total. The van der Waals surface area contributed by atoms with Crippen molar-refractivity contribution in [3.8, 4) is 0 Å². The first kappa shape index (κ1) is 24.3. The number of quaternary nitrogens is 1. The van der Waals surface area contributed by atoms with Crippen molar-refractivity contribution in [1.82, 2.24) is 0 Å². The monoisotopic (exact) mass is 397 g/mol. The van der Waals surface area contributed by atoms with Crippen molar-refractivity contribution in [2.75, 3.05) is 26.3 Å². The van der Waals surface area contributed by atoms with Crippen molar-refractivity contribution >= 4 is 17.8 Å². The summed E-state index contributed by atoms with van der Waals surface area (Å²) in [5, 5.41) is 18.0. The molecule has 0 aromatic rings. The van der Waals surface area contributed by atoms with Crippen molar-refractivity contribution in [2.24, 2.45) is 4.99 Å². The molecule has 0 aromatic heterocycles. The van der Waals surface area contributed by atoms with E-state index in [0.717, 1.165) is 25.1 Å². The number of aliphatic carboxylic acids is 2. The average Bonchev–Trinajstić information content (AvgIpc) is 3.02. The number of amidine groups is 1. The summed E-state index contributed by atoms with van der Waals surface area (Å²) in [4.78, 5) is 26.3. The van der Waals surface area contributed by atoms with Crippen molar-refractivity contribution in [1.29, 1.82) is 0 Å². The van der Waals surface area contributed by atoms with Crippen LogP contribution in [-0.2, 0) is 14.3 Å². The number of carbonyl (C=O) groups is 2. The van der Waals surface area contributed by atoms with Gasteiger partial charge in [-0.1, -0.05) is 64.7 Å². The third-order valence-electron chi connectivity index (χ3n) is 5.12. The number of aliphatic imine (C=N–C) groups is 1. The molecule has 1 rings (SSSR count). The Hall–Kier alpha value is -1.73. The van der Waals surface area contributed by atoms with Crippen LogP contribution in [0, 0.1) is 0 Å². The fourth-order valence-corrected chi connectivity index (χ4v) is 3.56. The van der Waals surface area contributed by atoms with Crippen LogP contribution in [0.15, 0.2) is 17.4 Å². The SMILES string of the molecule is CCCCCCCCCCCCC1=NC=C[N+]1(CCOCC(=O)O)CC(=O)O. The highest BCUT2D eigenvalue weighted by molar-refractivity contribution is 5.81. The lowest BCUT2D eigenvalue weighted by Gasteiger charge is -2.30. The number of rotatable bonds is 18. The van der Waals surface area contributed by atoms with E-state index in [1.807, 2.05) is 0 Å². The largest absolute Gasteiger partial charge is 0.480 e. The minimum Gasteiger partial charge on any atom is -0.480 e. The molecule has 28 heavy (non-hydrogen) atoms. The molecule has 0 fully saturated rings. The van der Waals surface area contributed by atoms with Crippen molar-refractivity contribution < 1.29 is 29.0 Å². The van der Waals surface area contributed by atoms with Crippen LogP contribution in [0.5, 0.6) is 0 Å². The molecule has 0 radical (unpaired) electrons. The van der Waals surface area contributed by atoms with E-state index in [4.69, 9.17) is 9.84 Å². The van der Waals surface area contributed by atoms with Crippen molar-refractivity contribution in [3.63, 3.8) is 0 Å². The van der Waals surface area contributed by atoms with Gasteiger partial charge in [-0.15, -0.1) is 0 Å². The molecule has 0 bridgehead atoms. The highest BCUT2D eigenvalue weighted by Crippen LogP contribution is 2.21. The van der Waals surface area contributed by atoms with Gasteiger partial charge in [-0.25, -0.2) is 19.1 Å². The molecule has 1 unspecified atom stereocenters. The maximum Gasteiger partial charge on any atom is 0.360 e. The van der Waals surface area contributed by atoms with Gasteiger partial charge in [-0.05, 0) is 6.42 Å². The van der Waals surface area contributed by atoms with E-state index in [-0.39, 0.29) is 24.2 Å². The minimum absolute atomic E-state index is 0.0937. The molecule has 0 spiro atoms. The van der Waals surface area contributed by atoms with E-state index in [2.05, 4.69) is 11.9 Å². The van der Waals surface area contributed by atoms with Crippen LogP contribution in [0.1, 0.15) is 77.6 Å². The van der Waals surface area contributed by atoms with E-state index < -0.39 is 11.9 Å². The highest BCUT2D eigenvalue weighted by Gasteiger charge is 2.37. The summed E-state index contributed by atoms with van der Waals surface area (Å²) in [6.07, 6.45) is 16.7. The van der Waals surface area contributed by atoms with Crippen LogP contribution < -0.4 is 0 Å². The third kappa shape index (κ3) is 9.99. The van der Waals surface area contributed by atoms with Gasteiger partial charge in [0.2, 0.25) is 5.84 Å². The molecular formula is C21H37N2O5+. The Morgan fingerprint density at radius 1 is 0.964 bits per heavy atom. The second-order valence-corrected chi connectivity index (χ2v) is 7.53. The maximum absolute atomic E-state index is 11.3. The molecule has 0 saturated heterocycles. The Morgan fingerprint density at radius 3 is 2.14 bits per heavy atom. The number of unbranched alkanes of at least 4 members (excludes halogenated alkanes) is 9. The quantitative estimate of drug-likeness (QED) is 0.267. The average molecular weight is 398 g/mol. The van der Waals surface area contributed by atoms with E-state index >= 15 is 0 Å². The van der Waals surface area contributed by atoms with Crippen molar-refractivity contribution in [2.45, 2.75) is 77.6 Å². The number of hydrogen-bond acceptors (Lipinski definition) is 4. The van der Waals surface area contributed by atoms with Gasteiger partial charge in [0.05, 0.1) is 12.8 Å². The highest BCUT2D eigenvalue weighted by atomic mass is 16.5. The second kappa shape index (κ2) is 14.3. The standard InChI is InChI=1S/C21H36N2O5/c1-2-3-4-5-6-7-8-9-10-11-12-19-22-13-14-23(19,17-20(24)25)15-16-28-18-21(26)27/h13-14H,2-12,15-18H2,1H3,(H-,24,25,26,27)/p+1. The van der Waals surface area contributed by atoms with Crippen LogP contribution in [0.4, 0.5) is 0 Å². The zero-order chi connectivity index (χ0) is 20.7. The van der Waals surface area contributed by atoms with E-state index in [9.17, 15) is 14.7 Å². The van der Waals surface area contributed by atoms with Gasteiger partial charge >= 0.3 is 11.9 Å². The molecule has 1 aliphatic rings. The molecule has 1 heterocycles. The predicted octanol–water partition coefficient (Wildman–Crippen LogP) is 4.18. The lowest BCUT2D eigenvalue weighted by molar-refractivity contribution is -0.780. The zero-order valence-electron chi connectivity index (χ0n) is 17.3. The first-order valence-electron chi connectivity index (χ1n) is 10.6. The number of carboxylic acid groups (broad SMARTS) is 2. The number of nitrogens with zero attached hydrogens (tertiary/aromatic N) is 2. The lowest BCUT2D eigenvalue weighted by Crippen LogP contribution is -2.51. The van der Waals surface area contributed by atoms with Crippen LogP contribution in [0.2, 0.25) is 0 Å². The molecule has 7 heteroatoms. The first-order chi connectivity index (χ1) is 13.5. The molecule has 2 N–H and O–H groups in total. The van der Waals surface area contributed by atoms with Gasteiger partial charge in [0, 0.05) is 6.42 Å². The fourth-order valence-electron chi connectivity index (χ4n) is 3.56. The number of ether oxygens (including phenoxy) is 1. The molecular weight excluding hydrogens is 360 g/mol. The topological polar surface area (TPSA) is 96.2 Å². The minimum atomic E-state index is -1.03. The van der Waals surface area contributed by atoms with Gasteiger partial charge in [0.25, 0.3) is 0 Å². The third-order valence-corrected chi connectivity index (χ3v) is 5.12. The zero-order valence-corrected chi connectivity index (χ0v) is 17.3. The van der Waals surface area contributed by atoms with Gasteiger partial charge in [-0.3, -0.25) is 0 Å². The smallest absolute Gasteiger partial charge is 0.360 e. The molecule has 1 atom stereocenters. The normalized spacial score (nSPS) is 18.4. The van der Waals surface area contributed by atoms with E-state index in [1.54, 1.807) is 12.4 Å². The van der Waals surface area contributed by atoms with Gasteiger partial charge in [0.1, 0.15) is 19.4 Å². The second-order valence-electron chi connectivity index (χ2n) is 7.53. The molecule has 160 valence electrons. The Kier molecular flexibility index (Phi) is 12.4. The Morgan fingerprint density at radius 2 is 1.57 bits per heavy atom. The molecule has 0 aromatic carbocycles. The van der Waals surface area contributed by atoms with Crippen LogP contribution >= 0.6 is 0 Å². The molecule has 0 amide bonds. The van der Waals surface area contributed by atoms with Crippen LogP contribution in [-0.4, -0.2) is 58.8 Å². The van der Waals surface area contributed by atoms with Gasteiger partial charge in [-0.2, -0.15) is 0 Å². The van der Waals surface area contributed by atoms with E-state index in [0.29, 0.717) is 6.54 Å². The summed E-state index contributed by atoms with van der Waals surface area (Å²) in [5.74, 6) is -1.09. The summed E-state index contributed by atoms with van der Waals surface area (Å²) in [7, 11) is 0. The predicted molar refractivity (Wildman–Crippen MR) is 109 cm³/mol. The molecule has 0 saturated carbocycles. The van der Waals surface area contributed by atoms with E-state index in [1.165, 1.54) is 51.4 Å². The number of carboxylic acids is 2. The van der Waals surface area contributed by atoms with Gasteiger partial charge in [0.15, 0.2) is 6.54 Å². The van der Waals surface area contributed by atoms with Crippen LogP contribution in [0.3, 0.4) is 0 Å². The summed E-state index contributed by atoms with van der Waals surface area (Å²) < 4.78 is 5.25. The Balaban J connectivity index is 2.31. The van der Waals surface area contributed by atoms with Gasteiger partial charge < -0.3 is 14.9 Å². The summed E-state index contributed by atoms with van der Waals surface area (Å²) in [5.41, 5.74) is 0. The number of hydrogen-bond donors (Lipinski definition) is 2. The summed E-state index contributed by atoms with van der Waals surface area (Å²) in [6, 6.07) is 0. The Labute approximate surface area is 168 Å².